The molecule has 1 nitrogen and oxygen atoms in total. The number of hydrogen-bond donors (Lipinski definition) is 1. The van der Waals surface area contributed by atoms with E-state index in [0.717, 1.165) is 12.8 Å². The van der Waals surface area contributed by atoms with Gasteiger partial charge in [-0.05, 0) is 37.3 Å². The Morgan fingerprint density at radius 1 is 1.35 bits per heavy atom. The summed E-state index contributed by atoms with van der Waals surface area (Å²) in [5, 5.41) is 5.12. The monoisotopic (exact) mass is 265 g/mol. The summed E-state index contributed by atoms with van der Waals surface area (Å²) in [6.45, 7) is 2.64. The van der Waals surface area contributed by atoms with Crippen LogP contribution in [0.3, 0.4) is 0 Å². The molecule has 1 rings (SSSR count). The lowest BCUT2D eigenvalue weighted by molar-refractivity contribution is -0.136. The van der Waals surface area contributed by atoms with Crippen LogP contribution in [0.5, 0.6) is 0 Å². The lowest BCUT2D eigenvalue weighted by Gasteiger charge is -2.18. The van der Waals surface area contributed by atoms with Crippen molar-refractivity contribution >= 4 is 11.3 Å². The second kappa shape index (κ2) is 7.01. The van der Waals surface area contributed by atoms with Crippen LogP contribution in [0.4, 0.5) is 13.2 Å². The van der Waals surface area contributed by atoms with Crippen LogP contribution >= 0.6 is 11.3 Å². The van der Waals surface area contributed by atoms with Crippen molar-refractivity contribution in [3.8, 4) is 0 Å². The van der Waals surface area contributed by atoms with E-state index in [9.17, 15) is 13.2 Å². The Morgan fingerprint density at radius 3 is 2.65 bits per heavy atom. The van der Waals surface area contributed by atoms with Gasteiger partial charge in [0, 0.05) is 17.3 Å². The van der Waals surface area contributed by atoms with Crippen LogP contribution < -0.4 is 5.32 Å². The van der Waals surface area contributed by atoms with E-state index >= 15 is 0 Å². The van der Waals surface area contributed by atoms with Crippen molar-refractivity contribution in [2.75, 3.05) is 6.54 Å². The summed E-state index contributed by atoms with van der Waals surface area (Å²) in [6, 6.07) is 3.96. The van der Waals surface area contributed by atoms with Crippen molar-refractivity contribution in [2.45, 2.75) is 44.8 Å². The van der Waals surface area contributed by atoms with Crippen molar-refractivity contribution in [2.24, 2.45) is 0 Å². The zero-order valence-electron chi connectivity index (χ0n) is 9.89. The zero-order valence-corrected chi connectivity index (χ0v) is 10.7. The maximum atomic E-state index is 12.1. The van der Waals surface area contributed by atoms with Gasteiger partial charge < -0.3 is 5.32 Å². The number of hydrogen-bond acceptors (Lipinski definition) is 2. The van der Waals surface area contributed by atoms with Crippen LogP contribution in [-0.2, 0) is 6.42 Å². The molecular weight excluding hydrogens is 247 g/mol. The summed E-state index contributed by atoms with van der Waals surface area (Å²) in [4.78, 5) is 1.24. The molecule has 1 heterocycles. The van der Waals surface area contributed by atoms with Gasteiger partial charge in [0.05, 0.1) is 0 Å². The number of alkyl halides is 3. The number of thiophene rings is 1. The fourth-order valence-electron chi connectivity index (χ4n) is 1.75. The molecule has 0 aliphatic carbocycles. The van der Waals surface area contributed by atoms with E-state index in [1.54, 1.807) is 11.3 Å². The van der Waals surface area contributed by atoms with E-state index in [1.165, 1.54) is 4.88 Å². The molecule has 17 heavy (non-hydrogen) atoms. The van der Waals surface area contributed by atoms with Crippen molar-refractivity contribution in [1.29, 1.82) is 0 Å². The SMILES string of the molecule is CCNC(CCc1cccs1)CCC(F)(F)F. The van der Waals surface area contributed by atoms with Crippen LogP contribution in [0.2, 0.25) is 0 Å². The molecule has 0 bridgehead atoms. The average Bonchev–Trinajstić information content (AvgIpc) is 2.74. The lowest BCUT2D eigenvalue weighted by Crippen LogP contribution is -2.30. The van der Waals surface area contributed by atoms with Crippen molar-refractivity contribution in [1.82, 2.24) is 5.32 Å². The van der Waals surface area contributed by atoms with Crippen LogP contribution in [-0.4, -0.2) is 18.8 Å². The summed E-state index contributed by atoms with van der Waals surface area (Å²) in [6.07, 6.45) is -2.95. The third-order valence-electron chi connectivity index (χ3n) is 2.59. The van der Waals surface area contributed by atoms with E-state index in [0.29, 0.717) is 6.54 Å². The molecule has 0 spiro atoms. The number of halogens is 3. The summed E-state index contributed by atoms with van der Waals surface area (Å²) in [7, 11) is 0. The second-order valence-electron chi connectivity index (χ2n) is 4.03. The van der Waals surface area contributed by atoms with Crippen LogP contribution in [0.1, 0.15) is 31.1 Å². The first-order valence-corrected chi connectivity index (χ1v) is 6.71. The van der Waals surface area contributed by atoms with Crippen molar-refractivity contribution in [3.63, 3.8) is 0 Å². The quantitative estimate of drug-likeness (QED) is 0.785. The fourth-order valence-corrected chi connectivity index (χ4v) is 2.47. The van der Waals surface area contributed by atoms with Gasteiger partial charge in [-0.1, -0.05) is 13.0 Å². The Balaban J connectivity index is 2.32. The summed E-state index contributed by atoms with van der Waals surface area (Å²) in [5.74, 6) is 0. The van der Waals surface area contributed by atoms with Gasteiger partial charge in [0.1, 0.15) is 0 Å². The Labute approximate surface area is 104 Å². The molecule has 1 N–H and O–H groups in total. The molecule has 0 saturated carbocycles. The normalized spacial score (nSPS) is 13.9. The van der Waals surface area contributed by atoms with E-state index < -0.39 is 12.6 Å². The van der Waals surface area contributed by atoms with Gasteiger partial charge in [0.25, 0.3) is 0 Å². The molecule has 0 saturated heterocycles. The van der Waals surface area contributed by atoms with Gasteiger partial charge in [-0.25, -0.2) is 0 Å². The molecule has 0 aromatic carbocycles. The summed E-state index contributed by atoms with van der Waals surface area (Å²) in [5.41, 5.74) is 0. The second-order valence-corrected chi connectivity index (χ2v) is 5.06. The van der Waals surface area contributed by atoms with E-state index in [-0.39, 0.29) is 12.5 Å². The first-order valence-electron chi connectivity index (χ1n) is 5.84. The Morgan fingerprint density at radius 2 is 2.12 bits per heavy atom. The highest BCUT2D eigenvalue weighted by atomic mass is 32.1. The molecule has 1 atom stereocenters. The van der Waals surface area contributed by atoms with Gasteiger partial charge in [-0.2, -0.15) is 13.2 Å². The smallest absolute Gasteiger partial charge is 0.314 e. The first kappa shape index (κ1) is 14.5. The fraction of sp³-hybridized carbons (Fsp3) is 0.667. The third-order valence-corrected chi connectivity index (χ3v) is 3.52. The van der Waals surface area contributed by atoms with Crippen LogP contribution in [0.15, 0.2) is 17.5 Å². The molecule has 1 aromatic rings. The molecule has 0 aliphatic heterocycles. The highest BCUT2D eigenvalue weighted by Crippen LogP contribution is 2.23. The maximum absolute atomic E-state index is 12.1. The largest absolute Gasteiger partial charge is 0.389 e. The number of aryl methyl sites for hydroxylation is 1. The predicted molar refractivity (Wildman–Crippen MR) is 65.4 cm³/mol. The predicted octanol–water partition coefficient (Wildman–Crippen LogP) is 4.00. The topological polar surface area (TPSA) is 12.0 Å². The number of nitrogens with one attached hydrogen (secondary N) is 1. The molecule has 0 aliphatic rings. The van der Waals surface area contributed by atoms with Gasteiger partial charge >= 0.3 is 6.18 Å². The van der Waals surface area contributed by atoms with E-state index in [2.05, 4.69) is 5.32 Å². The van der Waals surface area contributed by atoms with Crippen molar-refractivity contribution in [3.05, 3.63) is 22.4 Å². The summed E-state index contributed by atoms with van der Waals surface area (Å²) < 4.78 is 36.4. The molecule has 5 heteroatoms. The first-order chi connectivity index (χ1) is 8.01. The highest BCUT2D eigenvalue weighted by Gasteiger charge is 2.27. The molecule has 98 valence electrons. The maximum Gasteiger partial charge on any atom is 0.389 e. The molecule has 1 aromatic heterocycles. The number of rotatable bonds is 7. The minimum Gasteiger partial charge on any atom is -0.314 e. The van der Waals surface area contributed by atoms with Crippen molar-refractivity contribution < 1.29 is 13.2 Å². The molecule has 0 radical (unpaired) electrons. The Bertz CT molecular complexity index is 295. The third kappa shape index (κ3) is 6.68. The van der Waals surface area contributed by atoms with Gasteiger partial charge in [0.15, 0.2) is 0 Å². The molecular formula is C12H18F3NS. The van der Waals surface area contributed by atoms with Crippen LogP contribution in [0.25, 0.3) is 0 Å². The van der Waals surface area contributed by atoms with Gasteiger partial charge in [0.2, 0.25) is 0 Å². The zero-order chi connectivity index (χ0) is 12.7. The van der Waals surface area contributed by atoms with Crippen LogP contribution in [0, 0.1) is 0 Å². The average molecular weight is 265 g/mol. The Kier molecular flexibility index (Phi) is 5.98. The lowest BCUT2D eigenvalue weighted by atomic mass is 10.0. The highest BCUT2D eigenvalue weighted by molar-refractivity contribution is 7.09. The summed E-state index contributed by atoms with van der Waals surface area (Å²) >= 11 is 1.66. The minimum absolute atomic E-state index is 0.0382. The van der Waals surface area contributed by atoms with Gasteiger partial charge in [-0.3, -0.25) is 0 Å². The van der Waals surface area contributed by atoms with E-state index in [1.807, 2.05) is 24.4 Å². The Hall–Kier alpha value is -0.550. The standard InChI is InChI=1S/C12H18F3NS/c1-2-16-10(7-8-12(13,14)15)5-6-11-4-3-9-17-11/h3-4,9-10,16H,2,5-8H2,1H3. The minimum atomic E-state index is -4.05. The van der Waals surface area contributed by atoms with E-state index in [4.69, 9.17) is 0 Å². The molecule has 0 amide bonds. The molecule has 0 fully saturated rings. The molecule has 1 unspecified atom stereocenters. The van der Waals surface area contributed by atoms with Gasteiger partial charge in [-0.15, -0.1) is 11.3 Å².